The van der Waals surface area contributed by atoms with Crippen LogP contribution in [0.5, 0.6) is 0 Å². The lowest BCUT2D eigenvalue weighted by atomic mass is 9.95. The highest BCUT2D eigenvalue weighted by Gasteiger charge is 2.34. The van der Waals surface area contributed by atoms with Crippen molar-refractivity contribution in [3.05, 3.63) is 47.5 Å². The number of rotatable bonds is 3. The number of anilines is 1. The number of aromatic nitrogens is 4. The first-order chi connectivity index (χ1) is 12.9. The molecule has 0 aliphatic carbocycles. The molecule has 3 aromatic heterocycles. The number of amides is 1. The van der Waals surface area contributed by atoms with Crippen molar-refractivity contribution in [3.8, 4) is 0 Å². The Balaban J connectivity index is 1.54. The number of nitrogens with one attached hydrogen (secondary N) is 3. The van der Waals surface area contributed by atoms with E-state index in [2.05, 4.69) is 25.8 Å². The Bertz CT molecular complexity index is 971. The van der Waals surface area contributed by atoms with Gasteiger partial charge in [-0.15, -0.1) is 0 Å². The molecule has 4 heterocycles. The molecule has 0 saturated carbocycles. The number of piperidine rings is 1. The summed E-state index contributed by atoms with van der Waals surface area (Å²) in [5.41, 5.74) is -0.385. The third kappa shape index (κ3) is 3.52. The lowest BCUT2D eigenvalue weighted by Gasteiger charge is -2.20. The highest BCUT2D eigenvalue weighted by Crippen LogP contribution is 2.32. The molecular weight excluding hydrogens is 361 g/mol. The number of alkyl halides is 3. The second kappa shape index (κ2) is 6.69. The number of aromatic amines is 1. The number of nitrogens with zero attached hydrogens (tertiary/aromatic N) is 3. The van der Waals surface area contributed by atoms with E-state index in [4.69, 9.17) is 0 Å². The van der Waals surface area contributed by atoms with Crippen LogP contribution in [-0.2, 0) is 6.18 Å². The lowest BCUT2D eigenvalue weighted by Crippen LogP contribution is -2.26. The maximum atomic E-state index is 13.1. The predicted molar refractivity (Wildman–Crippen MR) is 91.6 cm³/mol. The molecule has 1 amide bonds. The van der Waals surface area contributed by atoms with Gasteiger partial charge >= 0.3 is 6.18 Å². The number of carbonyl (C=O) groups excluding carboxylic acids is 1. The van der Waals surface area contributed by atoms with E-state index >= 15 is 0 Å². The van der Waals surface area contributed by atoms with Gasteiger partial charge in [-0.3, -0.25) is 9.89 Å². The molecule has 0 bridgehead atoms. The van der Waals surface area contributed by atoms with Crippen molar-refractivity contribution in [2.75, 3.05) is 18.4 Å². The minimum Gasteiger partial charge on any atom is -0.317 e. The van der Waals surface area contributed by atoms with Crippen molar-refractivity contribution in [1.29, 1.82) is 0 Å². The number of hydrogen-bond donors (Lipinski definition) is 3. The van der Waals surface area contributed by atoms with Crippen LogP contribution in [0, 0.1) is 0 Å². The van der Waals surface area contributed by atoms with Crippen molar-refractivity contribution < 1.29 is 18.0 Å². The van der Waals surface area contributed by atoms with Gasteiger partial charge in [0, 0.05) is 30.1 Å². The second-order valence-electron chi connectivity index (χ2n) is 6.46. The quantitative estimate of drug-likeness (QED) is 0.654. The van der Waals surface area contributed by atoms with Crippen molar-refractivity contribution in [2.24, 2.45) is 0 Å². The van der Waals surface area contributed by atoms with Gasteiger partial charge in [-0.25, -0.2) is 4.98 Å². The number of H-pyrrole nitrogens is 1. The van der Waals surface area contributed by atoms with Gasteiger partial charge in [0.15, 0.2) is 5.82 Å². The van der Waals surface area contributed by atoms with Gasteiger partial charge in [0.05, 0.1) is 5.56 Å². The van der Waals surface area contributed by atoms with Crippen LogP contribution in [0.2, 0.25) is 0 Å². The molecule has 0 aromatic carbocycles. The summed E-state index contributed by atoms with van der Waals surface area (Å²) in [6, 6.07) is 3.95. The summed E-state index contributed by atoms with van der Waals surface area (Å²) in [6.07, 6.45) is 0.0798. The van der Waals surface area contributed by atoms with Gasteiger partial charge < -0.3 is 15.0 Å². The first-order valence-corrected chi connectivity index (χ1v) is 8.54. The first-order valence-electron chi connectivity index (χ1n) is 8.54. The Labute approximate surface area is 152 Å². The van der Waals surface area contributed by atoms with Gasteiger partial charge in [0.1, 0.15) is 11.3 Å². The largest absolute Gasteiger partial charge is 0.419 e. The van der Waals surface area contributed by atoms with Gasteiger partial charge in [-0.05, 0) is 38.1 Å². The second-order valence-corrected chi connectivity index (χ2v) is 6.46. The number of imidazole rings is 1. The van der Waals surface area contributed by atoms with E-state index < -0.39 is 17.6 Å². The van der Waals surface area contributed by atoms with E-state index in [1.54, 1.807) is 6.07 Å². The minimum absolute atomic E-state index is 0.113. The van der Waals surface area contributed by atoms with Crippen LogP contribution in [0.4, 0.5) is 19.0 Å². The fourth-order valence-electron chi connectivity index (χ4n) is 3.27. The fourth-order valence-corrected chi connectivity index (χ4v) is 3.27. The smallest absolute Gasteiger partial charge is 0.317 e. The van der Waals surface area contributed by atoms with Gasteiger partial charge in [-0.1, -0.05) is 0 Å². The van der Waals surface area contributed by atoms with Crippen molar-refractivity contribution in [2.45, 2.75) is 24.9 Å². The topological polar surface area (TPSA) is 87.1 Å². The average Bonchev–Trinajstić information content (AvgIpc) is 3.28. The van der Waals surface area contributed by atoms with Crippen LogP contribution in [0.25, 0.3) is 5.65 Å². The van der Waals surface area contributed by atoms with E-state index in [0.717, 1.165) is 37.7 Å². The maximum Gasteiger partial charge on any atom is 0.419 e. The van der Waals surface area contributed by atoms with Crippen LogP contribution in [0.3, 0.4) is 0 Å². The molecule has 1 aliphatic heterocycles. The summed E-state index contributed by atoms with van der Waals surface area (Å²) in [6.45, 7) is 1.85. The van der Waals surface area contributed by atoms with Crippen LogP contribution < -0.4 is 10.6 Å². The fraction of sp³-hybridized carbons (Fsp3) is 0.353. The molecule has 0 unspecified atom stereocenters. The molecule has 0 spiro atoms. The van der Waals surface area contributed by atoms with Gasteiger partial charge in [0.25, 0.3) is 5.91 Å². The molecule has 142 valence electrons. The molecule has 0 atom stereocenters. The minimum atomic E-state index is -4.55. The molecule has 3 aromatic rings. The molecule has 7 nitrogen and oxygen atoms in total. The third-order valence-corrected chi connectivity index (χ3v) is 4.64. The van der Waals surface area contributed by atoms with Crippen LogP contribution >= 0.6 is 0 Å². The average molecular weight is 378 g/mol. The molecule has 1 aliphatic rings. The third-order valence-electron chi connectivity index (χ3n) is 4.64. The Kier molecular flexibility index (Phi) is 4.34. The van der Waals surface area contributed by atoms with Crippen molar-refractivity contribution in [1.82, 2.24) is 24.9 Å². The van der Waals surface area contributed by atoms with E-state index in [-0.39, 0.29) is 11.3 Å². The number of pyridine rings is 1. The van der Waals surface area contributed by atoms with Crippen molar-refractivity contribution >= 4 is 17.4 Å². The number of hydrogen-bond acceptors (Lipinski definition) is 4. The zero-order valence-electron chi connectivity index (χ0n) is 14.2. The summed E-state index contributed by atoms with van der Waals surface area (Å²) >= 11 is 0. The molecule has 0 radical (unpaired) electrons. The Morgan fingerprint density at radius 3 is 2.81 bits per heavy atom. The van der Waals surface area contributed by atoms with Crippen LogP contribution in [0.1, 0.15) is 40.5 Å². The molecule has 10 heteroatoms. The molecule has 1 fully saturated rings. The number of carbonyl (C=O) groups is 1. The van der Waals surface area contributed by atoms with Gasteiger partial charge in [-0.2, -0.15) is 18.3 Å². The van der Waals surface area contributed by atoms with E-state index in [9.17, 15) is 18.0 Å². The Hall–Kier alpha value is -2.88. The van der Waals surface area contributed by atoms with Gasteiger partial charge in [0.2, 0.25) is 0 Å². The monoisotopic (exact) mass is 378 g/mol. The Morgan fingerprint density at radius 2 is 2.07 bits per heavy atom. The summed E-state index contributed by atoms with van der Waals surface area (Å²) in [4.78, 5) is 16.3. The lowest BCUT2D eigenvalue weighted by molar-refractivity contribution is -0.136. The highest BCUT2D eigenvalue weighted by molar-refractivity contribution is 6.02. The highest BCUT2D eigenvalue weighted by atomic mass is 19.4. The number of halogens is 3. The number of fused-ring (bicyclic) bond motifs is 1. The van der Waals surface area contributed by atoms with Crippen LogP contribution in [0.15, 0.2) is 30.6 Å². The van der Waals surface area contributed by atoms with E-state index in [1.807, 2.05) is 0 Å². The summed E-state index contributed by atoms with van der Waals surface area (Å²) in [7, 11) is 0. The van der Waals surface area contributed by atoms with E-state index in [0.29, 0.717) is 11.7 Å². The molecule has 3 N–H and O–H groups in total. The summed E-state index contributed by atoms with van der Waals surface area (Å²) < 4.78 is 40.4. The molecule has 27 heavy (non-hydrogen) atoms. The molecular formula is C17H17F3N6O. The van der Waals surface area contributed by atoms with Crippen molar-refractivity contribution in [3.63, 3.8) is 0 Å². The van der Waals surface area contributed by atoms with Crippen LogP contribution in [-0.4, -0.2) is 38.6 Å². The first kappa shape index (κ1) is 17.5. The Morgan fingerprint density at radius 1 is 1.30 bits per heavy atom. The zero-order chi connectivity index (χ0) is 19.0. The molecule has 4 rings (SSSR count). The standard InChI is InChI=1S/C17H17F3N6O/c18-17(19,20)11-2-1-7-26-9-13(22-15(11)26)16(27)23-14-8-12(24-25-14)10-3-5-21-6-4-10/h1-2,7-10,21H,3-6H2,(H2,23,24,25,27). The summed E-state index contributed by atoms with van der Waals surface area (Å²) in [5, 5.41) is 12.9. The normalized spacial score (nSPS) is 16.0. The SMILES string of the molecule is O=C(Nc1cc(C2CCNCC2)[nH]n1)c1cn2cccc(C(F)(F)F)c2n1. The predicted octanol–water partition coefficient (Wildman–Crippen LogP) is 2.80. The zero-order valence-corrected chi connectivity index (χ0v) is 14.2. The maximum absolute atomic E-state index is 13.1. The van der Waals surface area contributed by atoms with E-state index in [1.165, 1.54) is 22.9 Å². The summed E-state index contributed by atoms with van der Waals surface area (Å²) in [5.74, 6) is 0.0470. The molecule has 1 saturated heterocycles.